The van der Waals surface area contributed by atoms with E-state index in [0.29, 0.717) is 5.95 Å². The van der Waals surface area contributed by atoms with Crippen molar-refractivity contribution in [2.24, 2.45) is 0 Å². The van der Waals surface area contributed by atoms with Gasteiger partial charge in [0.15, 0.2) is 0 Å². The lowest BCUT2D eigenvalue weighted by Crippen LogP contribution is -2.24. The molecular weight excluding hydrogens is 313 g/mol. The Kier molecular flexibility index (Phi) is 4.28. The molecule has 126 valence electrons. The number of benzene rings is 1. The van der Waals surface area contributed by atoms with E-state index in [1.807, 2.05) is 6.92 Å². The first-order valence-electron chi connectivity index (χ1n) is 7.72. The van der Waals surface area contributed by atoms with Gasteiger partial charge in [0.2, 0.25) is 11.8 Å². The number of aromatic nitrogens is 2. The summed E-state index contributed by atoms with van der Waals surface area (Å²) < 4.78 is 13.1. The lowest BCUT2D eigenvalue weighted by atomic mass is 10.1. The summed E-state index contributed by atoms with van der Waals surface area (Å²) in [6, 6.07) is 6.33. The first-order chi connectivity index (χ1) is 11.5. The zero-order chi connectivity index (χ0) is 17.3. The molecule has 1 saturated carbocycles. The van der Waals surface area contributed by atoms with Gasteiger partial charge in [0.1, 0.15) is 12.0 Å². The fourth-order valence-electron chi connectivity index (χ4n) is 2.34. The van der Waals surface area contributed by atoms with Gasteiger partial charge >= 0.3 is 5.69 Å². The molecule has 0 saturated heterocycles. The normalized spacial score (nSPS) is 15.0. The van der Waals surface area contributed by atoms with Gasteiger partial charge in [0.25, 0.3) is 0 Å². The Morgan fingerprint density at radius 3 is 2.62 bits per heavy atom. The number of hydrogen-bond donors (Lipinski definition) is 1. The van der Waals surface area contributed by atoms with Gasteiger partial charge in [-0.05, 0) is 37.5 Å². The third kappa shape index (κ3) is 3.42. The highest BCUT2D eigenvalue weighted by molar-refractivity contribution is 5.58. The average Bonchev–Trinajstić information content (AvgIpc) is 3.38. The molecule has 8 heteroatoms. The maximum absolute atomic E-state index is 13.1. The van der Waals surface area contributed by atoms with Crippen LogP contribution in [0.3, 0.4) is 0 Å². The number of nitrogens with zero attached hydrogens (tertiary/aromatic N) is 4. The summed E-state index contributed by atoms with van der Waals surface area (Å²) in [5, 5.41) is 14.2. The molecule has 0 aliphatic heterocycles. The van der Waals surface area contributed by atoms with E-state index in [1.54, 1.807) is 24.1 Å². The largest absolute Gasteiger partial charge is 0.361 e. The van der Waals surface area contributed by atoms with Crippen molar-refractivity contribution in [2.75, 3.05) is 17.3 Å². The van der Waals surface area contributed by atoms with Gasteiger partial charge in [-0.3, -0.25) is 10.1 Å². The van der Waals surface area contributed by atoms with Gasteiger partial charge in [-0.15, -0.1) is 0 Å². The fraction of sp³-hybridized carbons (Fsp3) is 0.375. The Morgan fingerprint density at radius 2 is 2.04 bits per heavy atom. The molecule has 1 fully saturated rings. The number of rotatable bonds is 6. The van der Waals surface area contributed by atoms with E-state index in [0.717, 1.165) is 18.4 Å². The van der Waals surface area contributed by atoms with Gasteiger partial charge in [-0.1, -0.05) is 12.1 Å². The van der Waals surface area contributed by atoms with Crippen LogP contribution in [0, 0.1) is 15.9 Å². The van der Waals surface area contributed by atoms with Gasteiger partial charge in [-0.2, -0.15) is 4.98 Å². The first kappa shape index (κ1) is 16.1. The predicted molar refractivity (Wildman–Crippen MR) is 88.5 cm³/mol. The highest BCUT2D eigenvalue weighted by atomic mass is 19.1. The summed E-state index contributed by atoms with van der Waals surface area (Å²) in [6.07, 6.45) is 3.19. The molecule has 1 N–H and O–H groups in total. The van der Waals surface area contributed by atoms with Crippen LogP contribution < -0.4 is 10.2 Å². The zero-order valence-electron chi connectivity index (χ0n) is 13.4. The topological polar surface area (TPSA) is 84.2 Å². The van der Waals surface area contributed by atoms with Crippen molar-refractivity contribution in [3.05, 3.63) is 52.0 Å². The second-order valence-electron chi connectivity index (χ2n) is 5.92. The van der Waals surface area contributed by atoms with Crippen LogP contribution in [0.5, 0.6) is 0 Å². The number of anilines is 2. The summed E-state index contributed by atoms with van der Waals surface area (Å²) >= 11 is 0. The standard InChI is InChI=1S/C16H18FN5O2/c1-10(11-3-5-12(17)6-4-11)21(2)16-18-9-14(22(23)24)15(20-16)19-13-7-8-13/h3-6,9-10,13H,7-8H2,1-2H3,(H,18,19,20). The number of nitro groups is 1. The van der Waals surface area contributed by atoms with Gasteiger partial charge in [0, 0.05) is 13.1 Å². The summed E-state index contributed by atoms with van der Waals surface area (Å²) in [5.74, 6) is 0.322. The minimum atomic E-state index is -0.488. The molecule has 1 unspecified atom stereocenters. The van der Waals surface area contributed by atoms with E-state index in [4.69, 9.17) is 0 Å². The zero-order valence-corrected chi connectivity index (χ0v) is 13.4. The molecule has 1 aromatic heterocycles. The molecule has 2 aromatic rings. The van der Waals surface area contributed by atoms with Crippen LogP contribution in [0.15, 0.2) is 30.5 Å². The Morgan fingerprint density at radius 1 is 1.38 bits per heavy atom. The van der Waals surface area contributed by atoms with E-state index >= 15 is 0 Å². The molecule has 1 atom stereocenters. The van der Waals surface area contributed by atoms with Gasteiger partial charge in [-0.25, -0.2) is 9.37 Å². The number of nitrogens with one attached hydrogen (secondary N) is 1. The molecule has 0 bridgehead atoms. The highest BCUT2D eigenvalue weighted by Gasteiger charge is 2.27. The SMILES string of the molecule is CC(c1ccc(F)cc1)N(C)c1ncc([N+](=O)[O-])c(NC2CC2)n1. The molecular formula is C16H18FN5O2. The van der Waals surface area contributed by atoms with Crippen molar-refractivity contribution in [2.45, 2.75) is 31.8 Å². The quantitative estimate of drug-likeness (QED) is 0.646. The van der Waals surface area contributed by atoms with Crippen molar-refractivity contribution >= 4 is 17.5 Å². The molecule has 1 aliphatic carbocycles. The minimum absolute atomic E-state index is 0.110. The number of hydrogen-bond acceptors (Lipinski definition) is 6. The van der Waals surface area contributed by atoms with Gasteiger partial charge in [0.05, 0.1) is 11.0 Å². The van der Waals surface area contributed by atoms with E-state index in [1.165, 1.54) is 18.3 Å². The Balaban J connectivity index is 1.86. The molecule has 3 rings (SSSR count). The average molecular weight is 331 g/mol. The maximum atomic E-state index is 13.1. The maximum Gasteiger partial charge on any atom is 0.329 e. The van der Waals surface area contributed by atoms with Crippen LogP contribution in [-0.2, 0) is 0 Å². The molecule has 0 radical (unpaired) electrons. The molecule has 1 aromatic carbocycles. The fourth-order valence-corrected chi connectivity index (χ4v) is 2.34. The lowest BCUT2D eigenvalue weighted by Gasteiger charge is -2.25. The minimum Gasteiger partial charge on any atom is -0.361 e. The summed E-state index contributed by atoms with van der Waals surface area (Å²) in [4.78, 5) is 20.9. The molecule has 24 heavy (non-hydrogen) atoms. The van der Waals surface area contributed by atoms with E-state index in [9.17, 15) is 14.5 Å². The number of halogens is 1. The van der Waals surface area contributed by atoms with Crippen LogP contribution in [0.4, 0.5) is 21.8 Å². The molecule has 1 aliphatic rings. The predicted octanol–water partition coefficient (Wildman–Crippen LogP) is 3.30. The van der Waals surface area contributed by atoms with E-state index < -0.39 is 4.92 Å². The Bertz CT molecular complexity index is 749. The third-order valence-electron chi connectivity index (χ3n) is 4.12. The highest BCUT2D eigenvalue weighted by Crippen LogP contribution is 2.31. The van der Waals surface area contributed by atoms with Crippen LogP contribution in [0.25, 0.3) is 0 Å². The summed E-state index contributed by atoms with van der Waals surface area (Å²) in [6.45, 7) is 1.94. The lowest BCUT2D eigenvalue weighted by molar-refractivity contribution is -0.384. The van der Waals surface area contributed by atoms with Gasteiger partial charge < -0.3 is 10.2 Å². The van der Waals surface area contributed by atoms with Crippen molar-refractivity contribution in [3.8, 4) is 0 Å². The van der Waals surface area contributed by atoms with Crippen molar-refractivity contribution in [3.63, 3.8) is 0 Å². The summed E-state index contributed by atoms with van der Waals surface area (Å²) in [5.41, 5.74) is 0.769. The van der Waals surface area contributed by atoms with E-state index in [2.05, 4.69) is 15.3 Å². The third-order valence-corrected chi connectivity index (χ3v) is 4.12. The molecule has 7 nitrogen and oxygen atoms in total. The van der Waals surface area contributed by atoms with Crippen LogP contribution in [0.2, 0.25) is 0 Å². The van der Waals surface area contributed by atoms with Crippen LogP contribution in [-0.4, -0.2) is 28.0 Å². The van der Waals surface area contributed by atoms with Crippen LogP contribution in [0.1, 0.15) is 31.4 Å². The molecule has 0 spiro atoms. The second-order valence-corrected chi connectivity index (χ2v) is 5.92. The molecule has 1 heterocycles. The second kappa shape index (κ2) is 6.38. The summed E-state index contributed by atoms with van der Waals surface area (Å²) in [7, 11) is 1.80. The Hall–Kier alpha value is -2.77. The molecule has 0 amide bonds. The van der Waals surface area contributed by atoms with Crippen molar-refractivity contribution < 1.29 is 9.31 Å². The van der Waals surface area contributed by atoms with Crippen LogP contribution >= 0.6 is 0 Å². The van der Waals surface area contributed by atoms with Crippen molar-refractivity contribution in [1.29, 1.82) is 0 Å². The monoisotopic (exact) mass is 331 g/mol. The van der Waals surface area contributed by atoms with Crippen molar-refractivity contribution in [1.82, 2.24) is 9.97 Å². The Labute approximate surface area is 138 Å². The first-order valence-corrected chi connectivity index (χ1v) is 7.72. The van der Waals surface area contributed by atoms with E-state index in [-0.39, 0.29) is 29.4 Å². The smallest absolute Gasteiger partial charge is 0.329 e.